The van der Waals surface area contributed by atoms with Crippen molar-refractivity contribution in [3.63, 3.8) is 0 Å². The van der Waals surface area contributed by atoms with Crippen molar-refractivity contribution in [1.82, 2.24) is 4.98 Å². The molecule has 1 aromatic rings. The van der Waals surface area contributed by atoms with E-state index in [0.717, 1.165) is 12.0 Å². The zero-order chi connectivity index (χ0) is 9.42. The molecule has 2 unspecified atom stereocenters. The van der Waals surface area contributed by atoms with E-state index in [2.05, 4.69) is 4.98 Å². The SMILES string of the molecule is NC(=O)C1CC1c1cccnc1N. The highest BCUT2D eigenvalue weighted by Gasteiger charge is 2.43. The van der Waals surface area contributed by atoms with Crippen molar-refractivity contribution in [1.29, 1.82) is 0 Å². The second-order valence-corrected chi connectivity index (χ2v) is 3.33. The number of nitrogens with zero attached hydrogens (tertiary/aromatic N) is 1. The van der Waals surface area contributed by atoms with E-state index in [-0.39, 0.29) is 17.7 Å². The summed E-state index contributed by atoms with van der Waals surface area (Å²) in [5, 5.41) is 0. The number of rotatable bonds is 2. The first-order chi connectivity index (χ1) is 6.20. The molecule has 1 fully saturated rings. The summed E-state index contributed by atoms with van der Waals surface area (Å²) in [6, 6.07) is 3.72. The van der Waals surface area contributed by atoms with E-state index in [0.29, 0.717) is 5.82 Å². The Balaban J connectivity index is 2.21. The van der Waals surface area contributed by atoms with Crippen molar-refractivity contribution in [2.45, 2.75) is 12.3 Å². The third-order valence-electron chi connectivity index (χ3n) is 2.43. The fourth-order valence-corrected chi connectivity index (χ4v) is 1.60. The summed E-state index contributed by atoms with van der Waals surface area (Å²) in [7, 11) is 0. The monoisotopic (exact) mass is 177 g/mol. The van der Waals surface area contributed by atoms with E-state index in [4.69, 9.17) is 11.5 Å². The van der Waals surface area contributed by atoms with Crippen molar-refractivity contribution in [3.8, 4) is 0 Å². The predicted octanol–water partition coefficient (Wildman–Crippen LogP) is 0.253. The fourth-order valence-electron chi connectivity index (χ4n) is 1.60. The summed E-state index contributed by atoms with van der Waals surface area (Å²) in [6.07, 6.45) is 2.45. The highest BCUT2D eigenvalue weighted by molar-refractivity contribution is 5.81. The molecule has 1 aliphatic carbocycles. The van der Waals surface area contributed by atoms with Gasteiger partial charge in [-0.15, -0.1) is 0 Å². The molecule has 68 valence electrons. The largest absolute Gasteiger partial charge is 0.383 e. The summed E-state index contributed by atoms with van der Waals surface area (Å²) in [6.45, 7) is 0. The number of carbonyl (C=O) groups is 1. The Morgan fingerprint density at radius 1 is 1.62 bits per heavy atom. The van der Waals surface area contributed by atoms with Gasteiger partial charge in [-0.1, -0.05) is 6.07 Å². The molecule has 13 heavy (non-hydrogen) atoms. The molecule has 1 saturated carbocycles. The number of amides is 1. The van der Waals surface area contributed by atoms with Gasteiger partial charge in [0, 0.05) is 12.1 Å². The van der Waals surface area contributed by atoms with E-state index in [1.165, 1.54) is 0 Å². The fraction of sp³-hybridized carbons (Fsp3) is 0.333. The summed E-state index contributed by atoms with van der Waals surface area (Å²) in [5.74, 6) is 0.433. The second kappa shape index (κ2) is 2.73. The number of pyridine rings is 1. The van der Waals surface area contributed by atoms with Crippen LogP contribution in [-0.2, 0) is 4.79 Å². The first kappa shape index (κ1) is 8.04. The quantitative estimate of drug-likeness (QED) is 0.679. The van der Waals surface area contributed by atoms with Crippen molar-refractivity contribution < 1.29 is 4.79 Å². The molecule has 1 aliphatic rings. The molecule has 4 heteroatoms. The van der Waals surface area contributed by atoms with E-state index < -0.39 is 0 Å². The maximum Gasteiger partial charge on any atom is 0.221 e. The minimum absolute atomic E-state index is 0.0356. The molecular weight excluding hydrogens is 166 g/mol. The summed E-state index contributed by atoms with van der Waals surface area (Å²) >= 11 is 0. The number of anilines is 1. The Kier molecular flexibility index (Phi) is 1.69. The van der Waals surface area contributed by atoms with Crippen LogP contribution in [0, 0.1) is 5.92 Å². The lowest BCUT2D eigenvalue weighted by Crippen LogP contribution is -2.14. The molecule has 1 amide bonds. The maximum absolute atomic E-state index is 10.8. The van der Waals surface area contributed by atoms with Crippen LogP contribution in [0.3, 0.4) is 0 Å². The van der Waals surface area contributed by atoms with Gasteiger partial charge in [0.2, 0.25) is 5.91 Å². The smallest absolute Gasteiger partial charge is 0.221 e. The molecule has 1 aromatic heterocycles. The zero-order valence-electron chi connectivity index (χ0n) is 7.10. The number of hydrogen-bond acceptors (Lipinski definition) is 3. The minimum Gasteiger partial charge on any atom is -0.383 e. The van der Waals surface area contributed by atoms with Gasteiger partial charge in [-0.3, -0.25) is 4.79 Å². The van der Waals surface area contributed by atoms with Crippen LogP contribution < -0.4 is 11.5 Å². The molecule has 0 radical (unpaired) electrons. The van der Waals surface area contributed by atoms with E-state index in [9.17, 15) is 4.79 Å². The lowest BCUT2D eigenvalue weighted by molar-refractivity contribution is -0.119. The average molecular weight is 177 g/mol. The third kappa shape index (κ3) is 1.35. The van der Waals surface area contributed by atoms with Crippen molar-refractivity contribution in [2.75, 3.05) is 5.73 Å². The number of nitrogens with two attached hydrogens (primary N) is 2. The number of nitrogen functional groups attached to an aromatic ring is 1. The molecule has 1 heterocycles. The van der Waals surface area contributed by atoms with Crippen LogP contribution in [0.4, 0.5) is 5.82 Å². The van der Waals surface area contributed by atoms with Crippen LogP contribution in [0.15, 0.2) is 18.3 Å². The van der Waals surface area contributed by atoms with Gasteiger partial charge in [-0.2, -0.15) is 0 Å². The van der Waals surface area contributed by atoms with Gasteiger partial charge in [0.25, 0.3) is 0 Å². The lowest BCUT2D eigenvalue weighted by Gasteiger charge is -2.01. The van der Waals surface area contributed by atoms with Crippen LogP contribution in [-0.4, -0.2) is 10.9 Å². The molecule has 0 aliphatic heterocycles. The summed E-state index contributed by atoms with van der Waals surface area (Å²) in [5.41, 5.74) is 11.8. The lowest BCUT2D eigenvalue weighted by atomic mass is 10.1. The molecule has 4 N–H and O–H groups in total. The normalized spacial score (nSPS) is 25.5. The predicted molar refractivity (Wildman–Crippen MR) is 48.7 cm³/mol. The Morgan fingerprint density at radius 3 is 2.92 bits per heavy atom. The van der Waals surface area contributed by atoms with Gasteiger partial charge < -0.3 is 11.5 Å². The molecule has 0 bridgehead atoms. The van der Waals surface area contributed by atoms with Crippen LogP contribution in [0.5, 0.6) is 0 Å². The number of primary amides is 1. The Labute approximate surface area is 75.9 Å². The van der Waals surface area contributed by atoms with E-state index >= 15 is 0 Å². The molecule has 2 atom stereocenters. The van der Waals surface area contributed by atoms with Crippen LogP contribution in [0.2, 0.25) is 0 Å². The van der Waals surface area contributed by atoms with Crippen molar-refractivity contribution in [2.24, 2.45) is 11.7 Å². The Hall–Kier alpha value is -1.58. The van der Waals surface area contributed by atoms with Gasteiger partial charge in [0.15, 0.2) is 0 Å². The highest BCUT2D eigenvalue weighted by Crippen LogP contribution is 2.48. The molecule has 4 nitrogen and oxygen atoms in total. The van der Waals surface area contributed by atoms with E-state index in [1.54, 1.807) is 6.20 Å². The minimum atomic E-state index is -0.242. The first-order valence-corrected chi connectivity index (χ1v) is 4.20. The summed E-state index contributed by atoms with van der Waals surface area (Å²) in [4.78, 5) is 14.8. The van der Waals surface area contributed by atoms with E-state index in [1.807, 2.05) is 12.1 Å². The molecule has 0 spiro atoms. The molecular formula is C9H11N3O. The first-order valence-electron chi connectivity index (χ1n) is 4.20. The van der Waals surface area contributed by atoms with Gasteiger partial charge in [-0.25, -0.2) is 4.98 Å². The average Bonchev–Trinajstić information content (AvgIpc) is 2.84. The number of hydrogen-bond donors (Lipinski definition) is 2. The Morgan fingerprint density at radius 2 is 2.38 bits per heavy atom. The second-order valence-electron chi connectivity index (χ2n) is 3.33. The maximum atomic E-state index is 10.8. The van der Waals surface area contributed by atoms with Crippen molar-refractivity contribution >= 4 is 11.7 Å². The molecule has 2 rings (SSSR count). The Bertz CT molecular complexity index is 350. The number of aromatic nitrogens is 1. The topological polar surface area (TPSA) is 82.0 Å². The van der Waals surface area contributed by atoms with Gasteiger partial charge in [0.05, 0.1) is 0 Å². The van der Waals surface area contributed by atoms with Gasteiger partial charge >= 0.3 is 0 Å². The zero-order valence-corrected chi connectivity index (χ0v) is 7.10. The summed E-state index contributed by atoms with van der Waals surface area (Å²) < 4.78 is 0. The van der Waals surface area contributed by atoms with Crippen molar-refractivity contribution in [3.05, 3.63) is 23.9 Å². The van der Waals surface area contributed by atoms with Gasteiger partial charge in [0.1, 0.15) is 5.82 Å². The standard InChI is InChI=1S/C9H11N3O/c10-8-5(2-1-3-12-8)6-4-7(6)9(11)13/h1-3,6-7H,4H2,(H2,10,12)(H2,11,13). The van der Waals surface area contributed by atoms with Gasteiger partial charge in [-0.05, 0) is 24.0 Å². The highest BCUT2D eigenvalue weighted by atomic mass is 16.1. The van der Waals surface area contributed by atoms with Crippen LogP contribution >= 0.6 is 0 Å². The molecule has 0 aromatic carbocycles. The van der Waals surface area contributed by atoms with Crippen LogP contribution in [0.25, 0.3) is 0 Å². The number of carbonyl (C=O) groups excluding carboxylic acids is 1. The molecule has 0 saturated heterocycles. The third-order valence-corrected chi connectivity index (χ3v) is 2.43. The van der Waals surface area contributed by atoms with Crippen LogP contribution in [0.1, 0.15) is 17.9 Å².